The topological polar surface area (TPSA) is 127 Å². The number of carbonyl (C=O) groups excluding carboxylic acids is 2. The number of anilines is 2. The second-order valence-corrected chi connectivity index (χ2v) is 12.0. The van der Waals surface area contributed by atoms with E-state index in [0.29, 0.717) is 31.0 Å². The lowest BCUT2D eigenvalue weighted by Gasteiger charge is -2.55. The van der Waals surface area contributed by atoms with Crippen molar-refractivity contribution >= 4 is 35.1 Å². The molecule has 7 unspecified atom stereocenters. The molecule has 6 rings (SSSR count). The van der Waals surface area contributed by atoms with Crippen LogP contribution >= 0.6 is 0 Å². The molecular weight excluding hydrogens is 474 g/mol. The van der Waals surface area contributed by atoms with Gasteiger partial charge in [0.25, 0.3) is 0 Å². The van der Waals surface area contributed by atoms with Crippen LogP contribution in [0.1, 0.15) is 64.2 Å². The van der Waals surface area contributed by atoms with Crippen LogP contribution in [0.4, 0.5) is 11.4 Å². The molecule has 5 fully saturated rings. The lowest BCUT2D eigenvalue weighted by atomic mass is 9.64. The average Bonchev–Trinajstić information content (AvgIpc) is 3.08. The number of para-hydroxylation sites is 2. The number of benzene rings is 1. The fourth-order valence-electron chi connectivity index (χ4n) is 8.77. The van der Waals surface area contributed by atoms with E-state index in [0.717, 1.165) is 42.9 Å². The number of fused-ring (bicyclic) bond motifs is 3. The van der Waals surface area contributed by atoms with Crippen LogP contribution in [0.5, 0.6) is 0 Å². The third-order valence-electron chi connectivity index (χ3n) is 10.0. The SMILES string of the molecule is O=C(O)C(=O)Nc1ccccc1N(C(=O)C(=O)O)C1CC2CCCC(C1)N2C1CC2CC3CC(C1)C3C2. The first-order chi connectivity index (χ1) is 17.8. The first kappa shape index (κ1) is 24.4. The molecule has 0 aromatic heterocycles. The summed E-state index contributed by atoms with van der Waals surface area (Å²) < 4.78 is 0. The van der Waals surface area contributed by atoms with Crippen molar-refractivity contribution in [2.75, 3.05) is 10.2 Å². The van der Waals surface area contributed by atoms with Gasteiger partial charge in [-0.2, -0.15) is 0 Å². The molecule has 2 saturated heterocycles. The predicted molar refractivity (Wildman–Crippen MR) is 135 cm³/mol. The maximum atomic E-state index is 13.1. The van der Waals surface area contributed by atoms with Crippen LogP contribution in [0.15, 0.2) is 24.3 Å². The maximum Gasteiger partial charge on any atom is 0.394 e. The summed E-state index contributed by atoms with van der Waals surface area (Å²) in [6.07, 6.45) is 11.3. The van der Waals surface area contributed by atoms with Gasteiger partial charge in [-0.1, -0.05) is 18.6 Å². The molecule has 3 N–H and O–H groups in total. The molecule has 0 radical (unpaired) electrons. The van der Waals surface area contributed by atoms with Gasteiger partial charge in [0.05, 0.1) is 11.4 Å². The fourth-order valence-corrected chi connectivity index (χ4v) is 8.77. The molecule has 1 aromatic rings. The molecule has 1 aromatic carbocycles. The normalized spacial score (nSPS) is 36.1. The standard InChI is InChI=1S/C28H35N3O6/c32-25(27(34)35)29-23-6-1-2-7-24(23)31(26(33)28(36)37)21-13-18-4-3-5-19(14-21)30(18)20-9-15-8-16-11-17(12-20)22(16)10-15/h1-2,6-7,15-22H,3-5,8-14H2,(H,29,32)(H,34,35)(H,36,37). The summed E-state index contributed by atoms with van der Waals surface area (Å²) in [5, 5.41) is 21.1. The molecule has 0 spiro atoms. The average molecular weight is 510 g/mol. The van der Waals surface area contributed by atoms with Crippen LogP contribution < -0.4 is 10.2 Å². The van der Waals surface area contributed by atoms with Gasteiger partial charge < -0.3 is 15.5 Å². The van der Waals surface area contributed by atoms with Crippen LogP contribution in [0.25, 0.3) is 0 Å². The number of carboxylic acids is 2. The number of nitrogens with one attached hydrogen (secondary N) is 1. The minimum Gasteiger partial charge on any atom is -0.474 e. The lowest BCUT2D eigenvalue weighted by Crippen LogP contribution is -2.62. The Balaban J connectivity index is 1.28. The van der Waals surface area contributed by atoms with E-state index in [1.807, 2.05) is 0 Å². The molecule has 37 heavy (non-hydrogen) atoms. The largest absolute Gasteiger partial charge is 0.474 e. The van der Waals surface area contributed by atoms with E-state index in [9.17, 15) is 24.3 Å². The molecular formula is C28H35N3O6. The number of amides is 2. The summed E-state index contributed by atoms with van der Waals surface area (Å²) in [5.41, 5.74) is 0.352. The van der Waals surface area contributed by atoms with Crippen molar-refractivity contribution < 1.29 is 29.4 Å². The number of hydrogen-bond donors (Lipinski definition) is 3. The van der Waals surface area contributed by atoms with Gasteiger partial charge in [-0.25, -0.2) is 9.59 Å². The van der Waals surface area contributed by atoms with Crippen molar-refractivity contribution in [3.63, 3.8) is 0 Å². The van der Waals surface area contributed by atoms with E-state index >= 15 is 0 Å². The number of carbonyl (C=O) groups is 4. The summed E-state index contributed by atoms with van der Waals surface area (Å²) >= 11 is 0. The van der Waals surface area contributed by atoms with E-state index in [1.165, 1.54) is 43.1 Å². The van der Waals surface area contributed by atoms with Gasteiger partial charge in [0.1, 0.15) is 0 Å². The van der Waals surface area contributed by atoms with Crippen LogP contribution in [0.2, 0.25) is 0 Å². The Kier molecular flexibility index (Phi) is 6.21. The second-order valence-electron chi connectivity index (χ2n) is 12.0. The minimum atomic E-state index is -1.65. The van der Waals surface area contributed by atoms with E-state index in [1.54, 1.807) is 18.2 Å². The zero-order valence-electron chi connectivity index (χ0n) is 20.9. The molecule has 7 atom stereocenters. The van der Waals surface area contributed by atoms with Crippen molar-refractivity contribution in [1.29, 1.82) is 0 Å². The van der Waals surface area contributed by atoms with Crippen LogP contribution in [0, 0.1) is 23.7 Å². The molecule has 2 aliphatic heterocycles. The monoisotopic (exact) mass is 509 g/mol. The van der Waals surface area contributed by atoms with Crippen molar-refractivity contribution in [1.82, 2.24) is 4.90 Å². The number of carboxylic acid groups (broad SMARTS) is 2. The van der Waals surface area contributed by atoms with Gasteiger partial charge >= 0.3 is 23.8 Å². The first-order valence-electron chi connectivity index (χ1n) is 13.8. The third-order valence-corrected chi connectivity index (χ3v) is 10.0. The predicted octanol–water partition coefficient (Wildman–Crippen LogP) is 3.34. The number of nitrogens with zero attached hydrogens (tertiary/aromatic N) is 2. The number of rotatable bonds is 4. The second kappa shape index (κ2) is 9.42. The molecule has 2 amide bonds. The first-order valence-corrected chi connectivity index (χ1v) is 13.8. The maximum absolute atomic E-state index is 13.1. The molecule has 9 nitrogen and oxygen atoms in total. The van der Waals surface area contributed by atoms with Gasteiger partial charge in [0.2, 0.25) is 0 Å². The highest BCUT2D eigenvalue weighted by Gasteiger charge is 2.53. The smallest absolute Gasteiger partial charge is 0.394 e. The number of aliphatic carboxylic acids is 2. The van der Waals surface area contributed by atoms with Crippen LogP contribution in [0.3, 0.4) is 0 Å². The zero-order valence-corrected chi connectivity index (χ0v) is 20.9. The molecule has 9 heteroatoms. The summed E-state index contributed by atoms with van der Waals surface area (Å²) in [7, 11) is 0. The van der Waals surface area contributed by atoms with Gasteiger partial charge in [-0.15, -0.1) is 0 Å². The van der Waals surface area contributed by atoms with Crippen LogP contribution in [-0.2, 0) is 19.2 Å². The zero-order chi connectivity index (χ0) is 25.8. The lowest BCUT2D eigenvalue weighted by molar-refractivity contribution is -0.149. The van der Waals surface area contributed by atoms with Gasteiger partial charge in [0.15, 0.2) is 0 Å². The van der Waals surface area contributed by atoms with Crippen molar-refractivity contribution in [2.24, 2.45) is 23.7 Å². The Bertz CT molecular complexity index is 1100. The Morgan fingerprint density at radius 1 is 0.811 bits per heavy atom. The summed E-state index contributed by atoms with van der Waals surface area (Å²) in [4.78, 5) is 52.1. The Morgan fingerprint density at radius 2 is 1.51 bits per heavy atom. The summed E-state index contributed by atoms with van der Waals surface area (Å²) in [6, 6.07) is 7.18. The highest BCUT2D eigenvalue weighted by molar-refractivity contribution is 6.39. The third kappa shape index (κ3) is 4.31. The van der Waals surface area contributed by atoms with Gasteiger partial charge in [0, 0.05) is 24.2 Å². The number of piperidine rings is 2. The van der Waals surface area contributed by atoms with Crippen molar-refractivity contribution in [3.8, 4) is 0 Å². The molecule has 3 saturated carbocycles. The molecule has 198 valence electrons. The Hall–Kier alpha value is -2.94. The number of hydrogen-bond acceptors (Lipinski definition) is 5. The summed E-state index contributed by atoms with van der Waals surface area (Å²) in [5.74, 6) is -1.90. The van der Waals surface area contributed by atoms with Crippen molar-refractivity contribution in [3.05, 3.63) is 24.3 Å². The quantitative estimate of drug-likeness (QED) is 0.531. The Morgan fingerprint density at radius 3 is 2.22 bits per heavy atom. The molecule has 5 aliphatic rings. The van der Waals surface area contributed by atoms with Gasteiger partial charge in [-0.05, 0) is 93.6 Å². The molecule has 4 bridgehead atoms. The Labute approximate surface area is 216 Å². The highest BCUT2D eigenvalue weighted by atomic mass is 16.4. The van der Waals surface area contributed by atoms with E-state index in [2.05, 4.69) is 10.2 Å². The van der Waals surface area contributed by atoms with Gasteiger partial charge in [-0.3, -0.25) is 19.4 Å². The van der Waals surface area contributed by atoms with E-state index in [4.69, 9.17) is 5.11 Å². The molecule has 3 aliphatic carbocycles. The van der Waals surface area contributed by atoms with Crippen molar-refractivity contribution in [2.45, 2.75) is 88.4 Å². The molecule has 2 heterocycles. The highest BCUT2D eigenvalue weighted by Crippen LogP contribution is 2.59. The minimum absolute atomic E-state index is 0.122. The van der Waals surface area contributed by atoms with E-state index in [-0.39, 0.29) is 17.4 Å². The van der Waals surface area contributed by atoms with Crippen LogP contribution in [-0.4, -0.2) is 63.0 Å². The fraction of sp³-hybridized carbons (Fsp3) is 0.643. The van der Waals surface area contributed by atoms with E-state index < -0.39 is 23.8 Å². The summed E-state index contributed by atoms with van der Waals surface area (Å²) in [6.45, 7) is 0.